The lowest BCUT2D eigenvalue weighted by molar-refractivity contribution is -0.173. The minimum Gasteiger partial charge on any atom is -0.341 e. The summed E-state index contributed by atoms with van der Waals surface area (Å²) in [5.74, 6) is -1.15. The lowest BCUT2D eigenvalue weighted by Crippen LogP contribution is -2.36. The van der Waals surface area contributed by atoms with Crippen LogP contribution in [-0.2, 0) is 18.4 Å². The van der Waals surface area contributed by atoms with Gasteiger partial charge >= 0.3 is 12.1 Å². The molecule has 5 nitrogen and oxygen atoms in total. The molecule has 0 fully saturated rings. The van der Waals surface area contributed by atoms with Crippen LogP contribution in [0.25, 0.3) is 0 Å². The molecule has 0 spiro atoms. The highest BCUT2D eigenvalue weighted by Crippen LogP contribution is 2.14. The summed E-state index contributed by atoms with van der Waals surface area (Å²) in [5, 5.41) is 8.94. The Bertz CT molecular complexity index is 371. The number of hydrogen-bond acceptors (Lipinski definition) is 3. The molecule has 0 saturated heterocycles. The number of aryl methyl sites for hydroxylation is 1. The number of rotatable bonds is 2. The Labute approximate surface area is 83.3 Å². The van der Waals surface area contributed by atoms with Crippen molar-refractivity contribution in [1.82, 2.24) is 20.1 Å². The van der Waals surface area contributed by atoms with E-state index >= 15 is 0 Å². The first-order valence-electron chi connectivity index (χ1n) is 4.02. The second-order valence-corrected chi connectivity index (χ2v) is 2.90. The molecule has 8 heteroatoms. The zero-order valence-electron chi connectivity index (χ0n) is 8.09. The quantitative estimate of drug-likeness (QED) is 0.783. The molecule has 1 rings (SSSR count). The lowest BCUT2D eigenvalue weighted by Gasteiger charge is -2.07. The van der Waals surface area contributed by atoms with Crippen molar-refractivity contribution in [2.45, 2.75) is 19.6 Å². The van der Waals surface area contributed by atoms with Crippen LogP contribution in [0.15, 0.2) is 0 Å². The summed E-state index contributed by atoms with van der Waals surface area (Å²) in [7, 11) is 1.60. The average Bonchev–Trinajstić information content (AvgIpc) is 2.43. The molecule has 0 aliphatic rings. The molecular weight excluding hydrogens is 213 g/mol. The van der Waals surface area contributed by atoms with E-state index in [0.29, 0.717) is 5.82 Å². The summed E-state index contributed by atoms with van der Waals surface area (Å²) in [6.45, 7) is 1.36. The first-order valence-corrected chi connectivity index (χ1v) is 4.02. The number of halogens is 3. The maximum Gasteiger partial charge on any atom is 0.471 e. The van der Waals surface area contributed by atoms with E-state index in [1.54, 1.807) is 19.3 Å². The maximum absolute atomic E-state index is 11.8. The summed E-state index contributed by atoms with van der Waals surface area (Å²) in [5.41, 5.74) is 0. The summed E-state index contributed by atoms with van der Waals surface area (Å²) in [6.07, 6.45) is -4.87. The molecule has 1 N–H and O–H groups in total. The highest BCUT2D eigenvalue weighted by molar-refractivity contribution is 5.81. The van der Waals surface area contributed by atoms with Gasteiger partial charge in [-0.05, 0) is 6.92 Å². The monoisotopic (exact) mass is 222 g/mol. The van der Waals surface area contributed by atoms with E-state index in [1.165, 1.54) is 4.57 Å². The zero-order chi connectivity index (χ0) is 11.6. The fraction of sp³-hybridized carbons (Fsp3) is 0.571. The van der Waals surface area contributed by atoms with Crippen molar-refractivity contribution in [3.8, 4) is 0 Å². The number of amides is 1. The van der Waals surface area contributed by atoms with Crippen LogP contribution < -0.4 is 5.32 Å². The van der Waals surface area contributed by atoms with Gasteiger partial charge < -0.3 is 9.88 Å². The van der Waals surface area contributed by atoms with Crippen molar-refractivity contribution >= 4 is 5.91 Å². The minimum absolute atomic E-state index is 0.269. The lowest BCUT2D eigenvalue weighted by atomic mass is 10.5. The molecule has 0 aromatic carbocycles. The Morgan fingerprint density at radius 3 is 2.47 bits per heavy atom. The predicted molar refractivity (Wildman–Crippen MR) is 43.6 cm³/mol. The molecule has 1 amide bonds. The second-order valence-electron chi connectivity index (χ2n) is 2.90. The molecule has 0 aliphatic heterocycles. The van der Waals surface area contributed by atoms with Gasteiger partial charge in [-0.1, -0.05) is 0 Å². The van der Waals surface area contributed by atoms with Crippen LogP contribution in [0.2, 0.25) is 0 Å². The van der Waals surface area contributed by atoms with Crippen LogP contribution in [0.5, 0.6) is 0 Å². The number of nitrogens with one attached hydrogen (secondary N) is 1. The van der Waals surface area contributed by atoms with E-state index in [0.717, 1.165) is 0 Å². The fourth-order valence-corrected chi connectivity index (χ4v) is 0.865. The highest BCUT2D eigenvalue weighted by atomic mass is 19.4. The Kier molecular flexibility index (Phi) is 2.96. The van der Waals surface area contributed by atoms with Crippen molar-refractivity contribution in [3.63, 3.8) is 0 Å². The highest BCUT2D eigenvalue weighted by Gasteiger charge is 2.38. The van der Waals surface area contributed by atoms with Crippen molar-refractivity contribution in [2.75, 3.05) is 0 Å². The Morgan fingerprint density at radius 1 is 1.47 bits per heavy atom. The molecule has 0 saturated carbocycles. The van der Waals surface area contributed by atoms with Crippen LogP contribution in [0.3, 0.4) is 0 Å². The van der Waals surface area contributed by atoms with E-state index in [1.807, 2.05) is 0 Å². The molecule has 0 radical (unpaired) electrons. The number of alkyl halides is 3. The van der Waals surface area contributed by atoms with Crippen molar-refractivity contribution in [3.05, 3.63) is 11.6 Å². The minimum atomic E-state index is -4.87. The summed E-state index contributed by atoms with van der Waals surface area (Å²) >= 11 is 0. The number of hydrogen-bond donors (Lipinski definition) is 1. The number of nitrogens with zero attached hydrogens (tertiary/aromatic N) is 3. The molecular formula is C7H9F3N4O. The van der Waals surface area contributed by atoms with Crippen molar-refractivity contribution < 1.29 is 18.0 Å². The van der Waals surface area contributed by atoms with E-state index in [4.69, 9.17) is 0 Å². The van der Waals surface area contributed by atoms with E-state index in [9.17, 15) is 18.0 Å². The number of carbonyl (C=O) groups excluding carboxylic acids is 1. The van der Waals surface area contributed by atoms with Crippen LogP contribution in [0.4, 0.5) is 13.2 Å². The zero-order valence-corrected chi connectivity index (χ0v) is 8.09. The SMILES string of the molecule is Cc1nnc(CNC(=O)C(F)(F)F)n1C. The molecule has 15 heavy (non-hydrogen) atoms. The van der Waals surface area contributed by atoms with Gasteiger partial charge in [0.2, 0.25) is 0 Å². The van der Waals surface area contributed by atoms with Gasteiger partial charge in [-0.25, -0.2) is 0 Å². The van der Waals surface area contributed by atoms with Gasteiger partial charge in [0.1, 0.15) is 5.82 Å². The molecule has 1 heterocycles. The third-order valence-electron chi connectivity index (χ3n) is 1.85. The van der Waals surface area contributed by atoms with Crippen LogP contribution in [0, 0.1) is 6.92 Å². The summed E-state index contributed by atoms with van der Waals surface area (Å²) < 4.78 is 36.9. The smallest absolute Gasteiger partial charge is 0.341 e. The third kappa shape index (κ3) is 2.67. The normalized spacial score (nSPS) is 11.5. The molecule has 84 valence electrons. The standard InChI is InChI=1S/C7H9F3N4O/c1-4-12-13-5(14(4)2)3-11-6(15)7(8,9)10/h3H2,1-2H3,(H,11,15). The molecule has 0 bridgehead atoms. The average molecular weight is 222 g/mol. The molecule has 0 aliphatic carbocycles. The topological polar surface area (TPSA) is 59.8 Å². The van der Waals surface area contributed by atoms with Gasteiger partial charge in [-0.3, -0.25) is 4.79 Å². The predicted octanol–water partition coefficient (Wildman–Crippen LogP) is 0.302. The maximum atomic E-state index is 11.8. The van der Waals surface area contributed by atoms with Gasteiger partial charge in [0.25, 0.3) is 0 Å². The van der Waals surface area contributed by atoms with Gasteiger partial charge in [0.15, 0.2) is 5.82 Å². The molecule has 1 aromatic rings. The van der Waals surface area contributed by atoms with E-state index in [-0.39, 0.29) is 12.4 Å². The Morgan fingerprint density at radius 2 is 2.07 bits per heavy atom. The summed E-state index contributed by atoms with van der Waals surface area (Å²) in [6, 6.07) is 0. The van der Waals surface area contributed by atoms with Gasteiger partial charge in [0.05, 0.1) is 6.54 Å². The van der Waals surface area contributed by atoms with Gasteiger partial charge in [0, 0.05) is 7.05 Å². The largest absolute Gasteiger partial charge is 0.471 e. The fourth-order valence-electron chi connectivity index (χ4n) is 0.865. The Balaban J connectivity index is 2.59. The van der Waals surface area contributed by atoms with Crippen molar-refractivity contribution in [2.24, 2.45) is 7.05 Å². The first-order chi connectivity index (χ1) is 6.82. The summed E-state index contributed by atoms with van der Waals surface area (Å²) in [4.78, 5) is 10.5. The molecule has 1 aromatic heterocycles. The van der Waals surface area contributed by atoms with E-state index < -0.39 is 12.1 Å². The Hall–Kier alpha value is -1.60. The van der Waals surface area contributed by atoms with E-state index in [2.05, 4.69) is 10.2 Å². The third-order valence-corrected chi connectivity index (χ3v) is 1.85. The van der Waals surface area contributed by atoms with Gasteiger partial charge in [-0.2, -0.15) is 13.2 Å². The van der Waals surface area contributed by atoms with Crippen LogP contribution in [-0.4, -0.2) is 26.8 Å². The number of carbonyl (C=O) groups is 1. The van der Waals surface area contributed by atoms with Gasteiger partial charge in [-0.15, -0.1) is 10.2 Å². The van der Waals surface area contributed by atoms with Crippen LogP contribution in [0.1, 0.15) is 11.6 Å². The van der Waals surface area contributed by atoms with Crippen molar-refractivity contribution in [1.29, 1.82) is 0 Å². The van der Waals surface area contributed by atoms with Crippen LogP contribution >= 0.6 is 0 Å². The second kappa shape index (κ2) is 3.87. The first kappa shape index (κ1) is 11.5. The molecule has 0 unspecified atom stereocenters. The number of aromatic nitrogens is 3. The molecule has 0 atom stereocenters.